The monoisotopic (exact) mass is 563 g/mol. The Morgan fingerprint density at radius 2 is 1.79 bits per heavy atom. The van der Waals surface area contributed by atoms with Gasteiger partial charge in [0.05, 0.1) is 10.0 Å². The van der Waals surface area contributed by atoms with Crippen molar-refractivity contribution in [1.29, 1.82) is 0 Å². The first-order chi connectivity index (χ1) is 18.1. The van der Waals surface area contributed by atoms with Gasteiger partial charge in [-0.05, 0) is 44.9 Å². The zero-order valence-electron chi connectivity index (χ0n) is 21.0. The summed E-state index contributed by atoms with van der Waals surface area (Å²) in [5, 5.41) is 5.67. The number of hydrogen-bond donors (Lipinski definition) is 1. The molecule has 0 radical (unpaired) electrons. The van der Waals surface area contributed by atoms with E-state index in [-0.39, 0.29) is 29.8 Å². The molecule has 0 bridgehead atoms. The Balaban J connectivity index is 1.30. The maximum atomic E-state index is 13.2. The van der Waals surface area contributed by atoms with E-state index in [2.05, 4.69) is 15.0 Å². The van der Waals surface area contributed by atoms with Crippen LogP contribution in [0.5, 0.6) is 11.5 Å². The number of benzene rings is 2. The number of carbonyl (C=O) groups excluding carboxylic acids is 2. The number of thiazole rings is 1. The Hall–Kier alpha value is -3.24. The van der Waals surface area contributed by atoms with Gasteiger partial charge in [0.1, 0.15) is 17.2 Å². The van der Waals surface area contributed by atoms with Gasteiger partial charge in [-0.3, -0.25) is 9.59 Å². The second-order valence-corrected chi connectivity index (χ2v) is 10.6. The van der Waals surface area contributed by atoms with E-state index in [1.165, 1.54) is 17.4 Å². The summed E-state index contributed by atoms with van der Waals surface area (Å²) in [6.45, 7) is 1.63. The summed E-state index contributed by atoms with van der Waals surface area (Å²) in [5.74, 6) is 0.0829. The van der Waals surface area contributed by atoms with Crippen molar-refractivity contribution in [2.24, 2.45) is 0 Å². The molecule has 1 N–H and O–H groups in total. The van der Waals surface area contributed by atoms with Gasteiger partial charge in [0.25, 0.3) is 11.8 Å². The van der Waals surface area contributed by atoms with Gasteiger partial charge in [0.2, 0.25) is 0 Å². The lowest BCUT2D eigenvalue weighted by Gasteiger charge is -2.36. The SMILES string of the molecule is CC(C)(Oc1ccccc1Cl)C(=O)N1CCC(c2nc(C(=O)NCc3ccccc3OC(F)F)cs2)CC1. The molecule has 1 fully saturated rings. The topological polar surface area (TPSA) is 80.8 Å². The molecule has 0 atom stereocenters. The summed E-state index contributed by atoms with van der Waals surface area (Å²) in [5.41, 5.74) is -0.372. The molecular formula is C27H28ClF2N3O4S. The first-order valence-corrected chi connectivity index (χ1v) is 13.4. The van der Waals surface area contributed by atoms with E-state index in [9.17, 15) is 18.4 Å². The van der Waals surface area contributed by atoms with Gasteiger partial charge >= 0.3 is 6.61 Å². The lowest BCUT2D eigenvalue weighted by atomic mass is 9.96. The quantitative estimate of drug-likeness (QED) is 0.351. The molecule has 2 amide bonds. The number of rotatable bonds is 9. The smallest absolute Gasteiger partial charge is 0.387 e. The third kappa shape index (κ3) is 6.79. The molecular weight excluding hydrogens is 536 g/mol. The van der Waals surface area contributed by atoms with E-state index in [0.29, 0.717) is 42.3 Å². The molecule has 1 saturated heterocycles. The number of nitrogens with zero attached hydrogens (tertiary/aromatic N) is 2. The van der Waals surface area contributed by atoms with Crippen LogP contribution in [0.25, 0.3) is 0 Å². The van der Waals surface area contributed by atoms with Crippen molar-refractivity contribution < 1.29 is 27.8 Å². The Bertz CT molecular complexity index is 1280. The fourth-order valence-corrected chi connectivity index (χ4v) is 5.41. The maximum Gasteiger partial charge on any atom is 0.387 e. The summed E-state index contributed by atoms with van der Waals surface area (Å²) < 4.78 is 35.7. The van der Waals surface area contributed by atoms with Crippen molar-refractivity contribution >= 4 is 34.8 Å². The molecule has 202 valence electrons. The highest BCUT2D eigenvalue weighted by molar-refractivity contribution is 7.09. The molecule has 2 aromatic carbocycles. The zero-order chi connectivity index (χ0) is 27.3. The lowest BCUT2D eigenvalue weighted by molar-refractivity contribution is -0.146. The van der Waals surface area contributed by atoms with Crippen molar-refractivity contribution in [1.82, 2.24) is 15.2 Å². The molecule has 1 aliphatic rings. The Morgan fingerprint density at radius 3 is 2.47 bits per heavy atom. The number of amides is 2. The minimum Gasteiger partial charge on any atom is -0.476 e. The summed E-state index contributed by atoms with van der Waals surface area (Å²) in [4.78, 5) is 32.1. The van der Waals surface area contributed by atoms with Crippen molar-refractivity contribution in [3.8, 4) is 11.5 Å². The molecule has 0 saturated carbocycles. The first kappa shape index (κ1) is 27.8. The average molecular weight is 564 g/mol. The van der Waals surface area contributed by atoms with E-state index >= 15 is 0 Å². The molecule has 38 heavy (non-hydrogen) atoms. The van der Waals surface area contributed by atoms with Crippen LogP contribution < -0.4 is 14.8 Å². The van der Waals surface area contributed by atoms with Gasteiger partial charge in [0, 0.05) is 36.5 Å². The van der Waals surface area contributed by atoms with Crippen LogP contribution in [-0.4, -0.2) is 47.0 Å². The highest BCUT2D eigenvalue weighted by Gasteiger charge is 2.37. The fourth-order valence-electron chi connectivity index (χ4n) is 4.26. The predicted octanol–water partition coefficient (Wildman–Crippen LogP) is 5.89. The number of halogens is 3. The largest absolute Gasteiger partial charge is 0.476 e. The Kier molecular flexibility index (Phi) is 8.83. The minimum absolute atomic E-state index is 0.0171. The number of hydrogen-bond acceptors (Lipinski definition) is 6. The highest BCUT2D eigenvalue weighted by atomic mass is 35.5. The average Bonchev–Trinajstić information content (AvgIpc) is 3.39. The molecule has 2 heterocycles. The molecule has 0 unspecified atom stereocenters. The second-order valence-electron chi connectivity index (χ2n) is 9.35. The molecule has 7 nitrogen and oxygen atoms in total. The van der Waals surface area contributed by atoms with Crippen LogP contribution in [0.3, 0.4) is 0 Å². The van der Waals surface area contributed by atoms with Crippen LogP contribution in [-0.2, 0) is 11.3 Å². The van der Waals surface area contributed by atoms with Crippen LogP contribution in [0.2, 0.25) is 5.02 Å². The van der Waals surface area contributed by atoms with Crippen LogP contribution >= 0.6 is 22.9 Å². The molecule has 1 aliphatic heterocycles. The number of carbonyl (C=O) groups is 2. The second kappa shape index (κ2) is 12.1. The number of piperidine rings is 1. The lowest BCUT2D eigenvalue weighted by Crippen LogP contribution is -2.51. The van der Waals surface area contributed by atoms with Crippen LogP contribution in [0, 0.1) is 0 Å². The van der Waals surface area contributed by atoms with Gasteiger partial charge in [-0.15, -0.1) is 11.3 Å². The fraction of sp³-hybridized carbons (Fsp3) is 0.370. The first-order valence-electron chi connectivity index (χ1n) is 12.1. The van der Waals surface area contributed by atoms with Crippen LogP contribution in [0.15, 0.2) is 53.9 Å². The van der Waals surface area contributed by atoms with Gasteiger partial charge < -0.3 is 19.7 Å². The van der Waals surface area contributed by atoms with Gasteiger partial charge in [-0.25, -0.2) is 4.98 Å². The van der Waals surface area contributed by atoms with E-state index in [0.717, 1.165) is 5.01 Å². The van der Waals surface area contributed by atoms with E-state index in [4.69, 9.17) is 16.3 Å². The Morgan fingerprint density at radius 1 is 1.13 bits per heavy atom. The van der Waals surface area contributed by atoms with Crippen LogP contribution in [0.4, 0.5) is 8.78 Å². The Labute approximate surface area is 228 Å². The van der Waals surface area contributed by atoms with E-state index < -0.39 is 18.1 Å². The minimum atomic E-state index is -2.95. The third-order valence-corrected chi connectivity index (χ3v) is 7.55. The molecule has 4 rings (SSSR count). The van der Waals surface area contributed by atoms with E-state index in [1.54, 1.807) is 66.6 Å². The van der Waals surface area contributed by atoms with Crippen molar-refractivity contribution in [3.05, 3.63) is 75.2 Å². The highest BCUT2D eigenvalue weighted by Crippen LogP contribution is 2.33. The van der Waals surface area contributed by atoms with Gasteiger partial charge in [0.15, 0.2) is 5.60 Å². The van der Waals surface area contributed by atoms with Crippen molar-refractivity contribution in [2.75, 3.05) is 13.1 Å². The molecule has 0 aliphatic carbocycles. The number of ether oxygens (including phenoxy) is 2. The van der Waals surface area contributed by atoms with Crippen molar-refractivity contribution in [3.63, 3.8) is 0 Å². The summed E-state index contributed by atoms with van der Waals surface area (Å²) in [6.07, 6.45) is 1.42. The van der Waals surface area contributed by atoms with Gasteiger partial charge in [-0.1, -0.05) is 41.9 Å². The number of likely N-dealkylation sites (tertiary alicyclic amines) is 1. The number of para-hydroxylation sites is 2. The molecule has 3 aromatic rings. The molecule has 1 aromatic heterocycles. The van der Waals surface area contributed by atoms with Gasteiger partial charge in [-0.2, -0.15) is 8.78 Å². The van der Waals surface area contributed by atoms with Crippen LogP contribution in [0.1, 0.15) is 53.7 Å². The summed E-state index contributed by atoms with van der Waals surface area (Å²) >= 11 is 7.59. The van der Waals surface area contributed by atoms with E-state index in [1.807, 2.05) is 0 Å². The molecule has 11 heteroatoms. The number of alkyl halides is 2. The number of nitrogens with one attached hydrogen (secondary N) is 1. The predicted molar refractivity (Wildman–Crippen MR) is 141 cm³/mol. The van der Waals surface area contributed by atoms with Crippen molar-refractivity contribution in [2.45, 2.75) is 51.4 Å². The molecule has 0 spiro atoms. The zero-order valence-corrected chi connectivity index (χ0v) is 22.5. The summed E-state index contributed by atoms with van der Waals surface area (Å²) in [7, 11) is 0. The normalized spacial score (nSPS) is 14.4. The standard InChI is InChI=1S/C27H28ClF2N3O4S/c1-27(2,37-22-10-6-4-8-19(22)28)25(35)33-13-11-17(12-14-33)24-32-20(16-38-24)23(34)31-15-18-7-3-5-9-21(18)36-26(29)30/h3-10,16-17,26H,11-15H2,1-2H3,(H,31,34). The third-order valence-electron chi connectivity index (χ3n) is 6.23. The number of aromatic nitrogens is 1. The summed E-state index contributed by atoms with van der Waals surface area (Å²) in [6, 6.07) is 13.4. The maximum absolute atomic E-state index is 13.2.